The zero-order valence-electron chi connectivity index (χ0n) is 14.6. The number of nitrogens with zero attached hydrogens (tertiary/aromatic N) is 1. The summed E-state index contributed by atoms with van der Waals surface area (Å²) in [5.74, 6) is -1.24. The van der Waals surface area contributed by atoms with E-state index < -0.39 is 23.0 Å². The minimum absolute atomic E-state index is 0.00570. The Labute approximate surface area is 169 Å². The summed E-state index contributed by atoms with van der Waals surface area (Å²) >= 11 is 3.22. The van der Waals surface area contributed by atoms with Crippen LogP contribution in [-0.4, -0.2) is 34.7 Å². The molecule has 2 rings (SSSR count). The number of rotatable bonds is 9. The van der Waals surface area contributed by atoms with Crippen LogP contribution in [0.2, 0.25) is 0 Å². The van der Waals surface area contributed by atoms with Gasteiger partial charge in [0.05, 0.1) is 4.92 Å². The summed E-state index contributed by atoms with van der Waals surface area (Å²) in [5, 5.41) is 25.5. The summed E-state index contributed by atoms with van der Waals surface area (Å²) in [5.41, 5.74) is 0.868. The highest BCUT2D eigenvalue weighted by Crippen LogP contribution is 2.32. The molecule has 1 atom stereocenters. The summed E-state index contributed by atoms with van der Waals surface area (Å²) < 4.78 is 5.49. The van der Waals surface area contributed by atoms with E-state index in [1.165, 1.54) is 12.1 Å². The number of hydrogen-bond donors (Lipinski definition) is 3. The number of hydrogen-bond acceptors (Lipinski definition) is 6. The molecule has 0 fully saturated rings. The van der Waals surface area contributed by atoms with Crippen LogP contribution in [0.15, 0.2) is 53.0 Å². The molecule has 0 spiro atoms. The van der Waals surface area contributed by atoms with Crippen LogP contribution in [-0.2, 0) is 16.1 Å². The minimum atomic E-state index is -1.24. The Morgan fingerprint density at radius 3 is 2.54 bits per heavy atom. The van der Waals surface area contributed by atoms with Crippen molar-refractivity contribution in [3.05, 3.63) is 68.7 Å². The van der Waals surface area contributed by atoms with Crippen LogP contribution in [0.1, 0.15) is 12.0 Å². The molecule has 28 heavy (non-hydrogen) atoms. The molecule has 0 bridgehead atoms. The summed E-state index contributed by atoms with van der Waals surface area (Å²) in [7, 11) is 0. The number of halogens is 1. The maximum Gasteiger partial charge on any atom is 0.408 e. The number of para-hydroxylation sites is 1. The molecule has 0 aliphatic heterocycles. The van der Waals surface area contributed by atoms with Gasteiger partial charge in [0.15, 0.2) is 0 Å². The highest BCUT2D eigenvalue weighted by atomic mass is 79.9. The molecule has 0 aliphatic rings. The van der Waals surface area contributed by atoms with Gasteiger partial charge >= 0.3 is 12.1 Å². The SMILES string of the molecule is O=C(NC(CCNc1c(Br)cccc1[N+](=O)[O-])C(=O)O)OCc1ccccc1. The van der Waals surface area contributed by atoms with Crippen molar-refractivity contribution in [2.24, 2.45) is 0 Å². The Morgan fingerprint density at radius 2 is 1.89 bits per heavy atom. The predicted octanol–water partition coefficient (Wildman–Crippen LogP) is 3.54. The average molecular weight is 452 g/mol. The summed E-state index contributed by atoms with van der Waals surface area (Å²) in [6.45, 7) is 0.0970. The quantitative estimate of drug-likeness (QED) is 0.392. The number of ether oxygens (including phenoxy) is 1. The van der Waals surface area contributed by atoms with Gasteiger partial charge in [0.25, 0.3) is 5.69 Å². The Hall–Kier alpha value is -3.14. The number of aliphatic carboxylic acids is 1. The van der Waals surface area contributed by atoms with Gasteiger partial charge in [0, 0.05) is 17.1 Å². The van der Waals surface area contributed by atoms with Gasteiger partial charge in [-0.25, -0.2) is 9.59 Å². The molecule has 0 aromatic heterocycles. The van der Waals surface area contributed by atoms with Crippen LogP contribution >= 0.6 is 15.9 Å². The van der Waals surface area contributed by atoms with Crippen molar-refractivity contribution in [2.45, 2.75) is 19.1 Å². The maximum atomic E-state index is 11.8. The number of carbonyl (C=O) groups is 2. The molecule has 0 saturated heterocycles. The van der Waals surface area contributed by atoms with Gasteiger partial charge in [-0.15, -0.1) is 0 Å². The number of nitro groups is 1. The number of amides is 1. The van der Waals surface area contributed by atoms with Gasteiger partial charge in [-0.1, -0.05) is 36.4 Å². The fraction of sp³-hybridized carbons (Fsp3) is 0.222. The molecule has 3 N–H and O–H groups in total. The Bertz CT molecular complexity index is 846. The number of nitro benzene ring substituents is 1. The lowest BCUT2D eigenvalue weighted by molar-refractivity contribution is -0.384. The molecule has 10 heteroatoms. The molecule has 2 aromatic carbocycles. The van der Waals surface area contributed by atoms with Crippen LogP contribution in [0, 0.1) is 10.1 Å². The first kappa shape index (κ1) is 21.2. The molecule has 1 amide bonds. The van der Waals surface area contributed by atoms with Crippen LogP contribution in [0.5, 0.6) is 0 Å². The summed E-state index contributed by atoms with van der Waals surface area (Å²) in [6.07, 6.45) is -0.864. The Morgan fingerprint density at radius 1 is 1.18 bits per heavy atom. The van der Waals surface area contributed by atoms with Crippen molar-refractivity contribution < 1.29 is 24.4 Å². The third-order valence-corrected chi connectivity index (χ3v) is 4.39. The molecule has 0 saturated carbocycles. The van der Waals surface area contributed by atoms with E-state index in [0.717, 1.165) is 5.56 Å². The van der Waals surface area contributed by atoms with Gasteiger partial charge in [-0.3, -0.25) is 10.1 Å². The van der Waals surface area contributed by atoms with Crippen molar-refractivity contribution in [1.82, 2.24) is 5.32 Å². The topological polar surface area (TPSA) is 131 Å². The molecule has 1 unspecified atom stereocenters. The molecule has 0 heterocycles. The second-order valence-corrected chi connectivity index (χ2v) is 6.56. The third-order valence-electron chi connectivity index (χ3n) is 3.73. The number of carboxylic acids is 1. The van der Waals surface area contributed by atoms with Gasteiger partial charge in [0.1, 0.15) is 18.3 Å². The number of carbonyl (C=O) groups excluding carboxylic acids is 1. The van der Waals surface area contributed by atoms with Gasteiger partial charge < -0.3 is 20.5 Å². The van der Waals surface area contributed by atoms with Crippen molar-refractivity contribution in [1.29, 1.82) is 0 Å². The van der Waals surface area contributed by atoms with E-state index in [9.17, 15) is 24.8 Å². The second kappa shape index (κ2) is 10.3. The fourth-order valence-electron chi connectivity index (χ4n) is 2.35. The van der Waals surface area contributed by atoms with Crippen LogP contribution in [0.25, 0.3) is 0 Å². The molecule has 0 aliphatic carbocycles. The molecule has 148 valence electrons. The van der Waals surface area contributed by atoms with Crippen LogP contribution < -0.4 is 10.6 Å². The predicted molar refractivity (Wildman–Crippen MR) is 105 cm³/mol. The highest BCUT2D eigenvalue weighted by molar-refractivity contribution is 9.10. The minimum Gasteiger partial charge on any atom is -0.480 e. The smallest absolute Gasteiger partial charge is 0.408 e. The molecular formula is C18H18BrN3O6. The van der Waals surface area contributed by atoms with Crippen molar-refractivity contribution in [3.8, 4) is 0 Å². The largest absolute Gasteiger partial charge is 0.480 e. The number of nitrogens with one attached hydrogen (secondary N) is 2. The van der Waals surface area contributed by atoms with E-state index in [1.807, 2.05) is 6.07 Å². The fourth-order valence-corrected chi connectivity index (χ4v) is 2.84. The van der Waals surface area contributed by atoms with Crippen molar-refractivity contribution in [2.75, 3.05) is 11.9 Å². The first-order chi connectivity index (χ1) is 13.4. The number of benzene rings is 2. The second-order valence-electron chi connectivity index (χ2n) is 5.70. The van der Waals surface area contributed by atoms with E-state index in [-0.39, 0.29) is 30.9 Å². The summed E-state index contributed by atoms with van der Waals surface area (Å²) in [4.78, 5) is 33.8. The molecule has 9 nitrogen and oxygen atoms in total. The van der Waals surface area contributed by atoms with E-state index in [0.29, 0.717) is 4.47 Å². The Balaban J connectivity index is 1.89. The van der Waals surface area contributed by atoms with E-state index >= 15 is 0 Å². The van der Waals surface area contributed by atoms with Gasteiger partial charge in [0.2, 0.25) is 0 Å². The number of carboxylic acid groups (broad SMARTS) is 1. The normalized spacial score (nSPS) is 11.3. The maximum absolute atomic E-state index is 11.8. The van der Waals surface area contributed by atoms with E-state index in [2.05, 4.69) is 26.6 Å². The number of alkyl carbamates (subject to hydrolysis) is 1. The van der Waals surface area contributed by atoms with Gasteiger partial charge in [-0.2, -0.15) is 0 Å². The van der Waals surface area contributed by atoms with Crippen LogP contribution in [0.3, 0.4) is 0 Å². The first-order valence-electron chi connectivity index (χ1n) is 8.25. The van der Waals surface area contributed by atoms with E-state index in [1.54, 1.807) is 30.3 Å². The zero-order valence-corrected chi connectivity index (χ0v) is 16.2. The lowest BCUT2D eigenvalue weighted by Gasteiger charge is -2.16. The highest BCUT2D eigenvalue weighted by Gasteiger charge is 2.22. The molecule has 2 aromatic rings. The third kappa shape index (κ3) is 6.23. The monoisotopic (exact) mass is 451 g/mol. The van der Waals surface area contributed by atoms with Crippen LogP contribution in [0.4, 0.5) is 16.2 Å². The average Bonchev–Trinajstić information content (AvgIpc) is 2.67. The Kier molecular flexibility index (Phi) is 7.76. The molecular weight excluding hydrogens is 434 g/mol. The lowest BCUT2D eigenvalue weighted by Crippen LogP contribution is -2.42. The standard InChI is InChI=1S/C18H18BrN3O6/c19-13-7-4-8-15(22(26)27)16(13)20-10-9-14(17(23)24)21-18(25)28-11-12-5-2-1-3-6-12/h1-8,14,20H,9-11H2,(H,21,25)(H,23,24). The van der Waals surface area contributed by atoms with E-state index in [4.69, 9.17) is 4.74 Å². The van der Waals surface area contributed by atoms with Crippen molar-refractivity contribution in [3.63, 3.8) is 0 Å². The van der Waals surface area contributed by atoms with Crippen molar-refractivity contribution >= 4 is 39.4 Å². The first-order valence-corrected chi connectivity index (χ1v) is 9.04. The van der Waals surface area contributed by atoms with Gasteiger partial charge in [-0.05, 0) is 34.0 Å². The molecule has 0 radical (unpaired) electrons. The lowest BCUT2D eigenvalue weighted by atomic mass is 10.2. The number of anilines is 1. The zero-order chi connectivity index (χ0) is 20.5. The summed E-state index contributed by atoms with van der Waals surface area (Å²) in [6, 6.07) is 12.2.